The molecule has 0 saturated carbocycles. The average molecular weight is 180 g/mol. The summed E-state index contributed by atoms with van der Waals surface area (Å²) < 4.78 is 0. The van der Waals surface area contributed by atoms with Crippen molar-refractivity contribution in [3.8, 4) is 0 Å². The van der Waals surface area contributed by atoms with Gasteiger partial charge in [0.1, 0.15) is 0 Å². The van der Waals surface area contributed by atoms with Gasteiger partial charge in [0.05, 0.1) is 0 Å². The smallest absolute Gasteiger partial charge is 0.0351 e. The fourth-order valence-corrected chi connectivity index (χ4v) is 1.63. The summed E-state index contributed by atoms with van der Waals surface area (Å²) >= 11 is 0. The summed E-state index contributed by atoms with van der Waals surface area (Å²) in [5.41, 5.74) is 2.45. The molecule has 1 heterocycles. The van der Waals surface area contributed by atoms with E-state index in [1.165, 1.54) is 11.4 Å². The summed E-state index contributed by atoms with van der Waals surface area (Å²) in [6.07, 6.45) is 1.06. The van der Waals surface area contributed by atoms with Gasteiger partial charge in [0.25, 0.3) is 0 Å². The normalized spacial score (nSPS) is 17.4. The second-order valence-electron chi connectivity index (χ2n) is 3.63. The second-order valence-corrected chi connectivity index (χ2v) is 3.63. The Balaban J connectivity index is 2.39. The standard InChI is InChI=1S/C11H20N2/c1-5-11(4)13-8-6-12(7-9-13)10(2)3/h2,4-9H2,1,3H3. The first kappa shape index (κ1) is 10.2. The molecule has 2 nitrogen and oxygen atoms in total. The maximum Gasteiger partial charge on any atom is 0.0351 e. The summed E-state index contributed by atoms with van der Waals surface area (Å²) in [5, 5.41) is 0. The highest BCUT2D eigenvalue weighted by atomic mass is 15.3. The Hall–Kier alpha value is -0.920. The summed E-state index contributed by atoms with van der Waals surface area (Å²) in [7, 11) is 0. The van der Waals surface area contributed by atoms with E-state index < -0.39 is 0 Å². The molecule has 0 aromatic heterocycles. The van der Waals surface area contributed by atoms with Crippen molar-refractivity contribution in [3.63, 3.8) is 0 Å². The van der Waals surface area contributed by atoms with Crippen LogP contribution in [0.5, 0.6) is 0 Å². The van der Waals surface area contributed by atoms with Crippen LogP contribution < -0.4 is 0 Å². The van der Waals surface area contributed by atoms with Crippen LogP contribution in [0.4, 0.5) is 0 Å². The van der Waals surface area contributed by atoms with Crippen LogP contribution in [0.15, 0.2) is 24.6 Å². The fraction of sp³-hybridized carbons (Fsp3) is 0.636. The molecule has 1 saturated heterocycles. The lowest BCUT2D eigenvalue weighted by molar-refractivity contribution is 0.190. The van der Waals surface area contributed by atoms with Gasteiger partial charge in [-0.2, -0.15) is 0 Å². The second kappa shape index (κ2) is 4.35. The quantitative estimate of drug-likeness (QED) is 0.656. The Morgan fingerprint density at radius 2 is 1.54 bits per heavy atom. The van der Waals surface area contributed by atoms with E-state index in [2.05, 4.69) is 36.8 Å². The van der Waals surface area contributed by atoms with Gasteiger partial charge in [-0.15, -0.1) is 0 Å². The zero-order valence-corrected chi connectivity index (χ0v) is 8.84. The van der Waals surface area contributed by atoms with Crippen molar-refractivity contribution < 1.29 is 0 Å². The van der Waals surface area contributed by atoms with Gasteiger partial charge in [-0.05, 0) is 13.3 Å². The molecule has 0 aromatic carbocycles. The number of rotatable bonds is 3. The minimum atomic E-state index is 1.06. The zero-order valence-electron chi connectivity index (χ0n) is 8.84. The van der Waals surface area contributed by atoms with Gasteiger partial charge in [0.15, 0.2) is 0 Å². The maximum atomic E-state index is 4.05. The molecule has 0 bridgehead atoms. The molecule has 0 amide bonds. The molecule has 74 valence electrons. The highest BCUT2D eigenvalue weighted by molar-refractivity contribution is 4.98. The van der Waals surface area contributed by atoms with E-state index in [0.29, 0.717) is 0 Å². The predicted molar refractivity (Wildman–Crippen MR) is 57.4 cm³/mol. The van der Waals surface area contributed by atoms with Gasteiger partial charge in [-0.3, -0.25) is 0 Å². The number of allylic oxidation sites excluding steroid dienone is 2. The third-order valence-electron chi connectivity index (χ3n) is 2.67. The molecule has 1 aliphatic rings. The summed E-state index contributed by atoms with van der Waals surface area (Å²) in [4.78, 5) is 4.71. The molecule has 1 fully saturated rings. The van der Waals surface area contributed by atoms with Gasteiger partial charge in [0.2, 0.25) is 0 Å². The van der Waals surface area contributed by atoms with Crippen LogP contribution >= 0.6 is 0 Å². The molecule has 0 atom stereocenters. The Morgan fingerprint density at radius 3 is 1.92 bits per heavy atom. The van der Waals surface area contributed by atoms with Crippen molar-refractivity contribution >= 4 is 0 Å². The summed E-state index contributed by atoms with van der Waals surface area (Å²) in [6, 6.07) is 0. The van der Waals surface area contributed by atoms with Crippen LogP contribution in [0.3, 0.4) is 0 Å². The average Bonchev–Trinajstić information content (AvgIpc) is 2.17. The topological polar surface area (TPSA) is 6.48 Å². The Labute approximate surface area is 81.5 Å². The van der Waals surface area contributed by atoms with Crippen molar-refractivity contribution in [2.24, 2.45) is 0 Å². The van der Waals surface area contributed by atoms with E-state index in [1.807, 2.05) is 0 Å². The van der Waals surface area contributed by atoms with E-state index >= 15 is 0 Å². The molecule has 0 aliphatic carbocycles. The molecule has 0 aromatic rings. The molecule has 2 heteroatoms. The minimum absolute atomic E-state index is 1.06. The van der Waals surface area contributed by atoms with Crippen LogP contribution in [0, 0.1) is 0 Å². The van der Waals surface area contributed by atoms with E-state index in [4.69, 9.17) is 0 Å². The van der Waals surface area contributed by atoms with Crippen molar-refractivity contribution in [3.05, 3.63) is 24.6 Å². The largest absolute Gasteiger partial charge is 0.372 e. The lowest BCUT2D eigenvalue weighted by Crippen LogP contribution is -2.44. The number of piperazine rings is 1. The van der Waals surface area contributed by atoms with Crippen molar-refractivity contribution in [2.45, 2.75) is 20.3 Å². The van der Waals surface area contributed by atoms with Gasteiger partial charge < -0.3 is 9.80 Å². The lowest BCUT2D eigenvalue weighted by atomic mass is 10.2. The van der Waals surface area contributed by atoms with Crippen LogP contribution in [0.25, 0.3) is 0 Å². The molecule has 0 N–H and O–H groups in total. The summed E-state index contributed by atoms with van der Waals surface area (Å²) in [6.45, 7) is 16.6. The van der Waals surface area contributed by atoms with Crippen LogP contribution in [0.2, 0.25) is 0 Å². The molecule has 0 radical (unpaired) electrons. The third kappa shape index (κ3) is 2.51. The maximum absolute atomic E-state index is 4.05. The first-order valence-electron chi connectivity index (χ1n) is 4.98. The Bertz CT molecular complexity index is 200. The van der Waals surface area contributed by atoms with Gasteiger partial charge in [-0.1, -0.05) is 20.1 Å². The van der Waals surface area contributed by atoms with E-state index in [0.717, 1.165) is 32.6 Å². The van der Waals surface area contributed by atoms with Crippen molar-refractivity contribution in [1.29, 1.82) is 0 Å². The molecular formula is C11H20N2. The van der Waals surface area contributed by atoms with E-state index in [1.54, 1.807) is 0 Å². The molecule has 1 aliphatic heterocycles. The van der Waals surface area contributed by atoms with Crippen LogP contribution in [-0.2, 0) is 0 Å². The highest BCUT2D eigenvalue weighted by Crippen LogP contribution is 2.12. The third-order valence-corrected chi connectivity index (χ3v) is 2.67. The Kier molecular flexibility index (Phi) is 3.40. The SMILES string of the molecule is C=C(C)N1CCN(C(=C)CC)CC1. The molecule has 13 heavy (non-hydrogen) atoms. The minimum Gasteiger partial charge on any atom is -0.372 e. The van der Waals surface area contributed by atoms with Crippen LogP contribution in [-0.4, -0.2) is 36.0 Å². The Morgan fingerprint density at radius 1 is 1.08 bits per heavy atom. The summed E-state index contributed by atoms with van der Waals surface area (Å²) in [5.74, 6) is 0. The van der Waals surface area contributed by atoms with Gasteiger partial charge in [0, 0.05) is 37.6 Å². The van der Waals surface area contributed by atoms with Gasteiger partial charge >= 0.3 is 0 Å². The molecule has 0 unspecified atom stereocenters. The van der Waals surface area contributed by atoms with Gasteiger partial charge in [-0.25, -0.2) is 0 Å². The van der Waals surface area contributed by atoms with E-state index in [-0.39, 0.29) is 0 Å². The molecular weight excluding hydrogens is 160 g/mol. The molecule has 0 spiro atoms. The molecule has 1 rings (SSSR count). The number of nitrogens with zero attached hydrogens (tertiary/aromatic N) is 2. The van der Waals surface area contributed by atoms with Crippen molar-refractivity contribution in [1.82, 2.24) is 9.80 Å². The van der Waals surface area contributed by atoms with Crippen molar-refractivity contribution in [2.75, 3.05) is 26.2 Å². The monoisotopic (exact) mass is 180 g/mol. The number of hydrogen-bond acceptors (Lipinski definition) is 2. The lowest BCUT2D eigenvalue weighted by Gasteiger charge is -2.38. The first-order chi connectivity index (χ1) is 6.15. The number of hydrogen-bond donors (Lipinski definition) is 0. The fourth-order valence-electron chi connectivity index (χ4n) is 1.63. The first-order valence-corrected chi connectivity index (χ1v) is 4.98. The van der Waals surface area contributed by atoms with Crippen LogP contribution in [0.1, 0.15) is 20.3 Å². The zero-order chi connectivity index (χ0) is 9.84. The predicted octanol–water partition coefficient (Wildman–Crippen LogP) is 2.06. The highest BCUT2D eigenvalue weighted by Gasteiger charge is 2.15. The van der Waals surface area contributed by atoms with E-state index in [9.17, 15) is 0 Å².